The lowest BCUT2D eigenvalue weighted by Crippen LogP contribution is -2.29. The van der Waals surface area contributed by atoms with E-state index in [4.69, 9.17) is 28.7 Å². The third-order valence-electron chi connectivity index (χ3n) is 4.84. The van der Waals surface area contributed by atoms with Crippen molar-refractivity contribution in [3.63, 3.8) is 0 Å². The van der Waals surface area contributed by atoms with Gasteiger partial charge in [0.1, 0.15) is 0 Å². The van der Waals surface area contributed by atoms with Gasteiger partial charge in [-0.2, -0.15) is 0 Å². The van der Waals surface area contributed by atoms with Crippen molar-refractivity contribution < 1.29 is 23.7 Å². The monoisotopic (exact) mass is 421 g/mol. The van der Waals surface area contributed by atoms with Crippen LogP contribution >= 0.6 is 12.4 Å². The van der Waals surface area contributed by atoms with Crippen LogP contribution in [0.3, 0.4) is 0 Å². The zero-order chi connectivity index (χ0) is 20.5. The second-order valence-corrected chi connectivity index (χ2v) is 7.23. The van der Waals surface area contributed by atoms with Gasteiger partial charge in [0.2, 0.25) is 5.75 Å². The molecule has 1 aliphatic rings. The van der Waals surface area contributed by atoms with Crippen molar-refractivity contribution in [2.75, 3.05) is 35.5 Å². The Balaban J connectivity index is 0.00000300. The summed E-state index contributed by atoms with van der Waals surface area (Å²) in [6.45, 7) is 4.23. The molecule has 0 saturated carbocycles. The van der Waals surface area contributed by atoms with Gasteiger partial charge in [-0.25, -0.2) is 0 Å². The van der Waals surface area contributed by atoms with Crippen molar-refractivity contribution in [2.24, 2.45) is 4.99 Å². The number of aliphatic imine (C=N–C) groups is 1. The summed E-state index contributed by atoms with van der Waals surface area (Å²) in [5, 5.41) is 0. The molecule has 0 radical (unpaired) electrons. The Morgan fingerprint density at radius 1 is 0.724 bits per heavy atom. The molecule has 2 aromatic carbocycles. The third-order valence-corrected chi connectivity index (χ3v) is 4.84. The first-order valence-corrected chi connectivity index (χ1v) is 9.03. The van der Waals surface area contributed by atoms with Crippen LogP contribution in [0.1, 0.15) is 30.5 Å². The number of hydrogen-bond acceptors (Lipinski definition) is 6. The first kappa shape index (κ1) is 22.7. The Kier molecular flexibility index (Phi) is 6.90. The lowest BCUT2D eigenvalue weighted by atomic mass is 9.84. The Morgan fingerprint density at radius 2 is 1.24 bits per heavy atom. The molecular weight excluding hydrogens is 394 g/mol. The summed E-state index contributed by atoms with van der Waals surface area (Å²) in [7, 11) is 8.08. The highest BCUT2D eigenvalue weighted by atomic mass is 35.5. The number of hydrogen-bond donors (Lipinski definition) is 0. The zero-order valence-electron chi connectivity index (χ0n) is 17.9. The fourth-order valence-corrected chi connectivity index (χ4v) is 3.59. The van der Waals surface area contributed by atoms with Crippen molar-refractivity contribution in [1.82, 2.24) is 0 Å². The summed E-state index contributed by atoms with van der Waals surface area (Å²) >= 11 is 0. The van der Waals surface area contributed by atoms with E-state index in [1.54, 1.807) is 35.5 Å². The lowest BCUT2D eigenvalue weighted by Gasteiger charge is -2.30. The molecule has 0 aliphatic carbocycles. The van der Waals surface area contributed by atoms with Crippen LogP contribution in [0.15, 0.2) is 29.3 Å². The van der Waals surface area contributed by atoms with Gasteiger partial charge < -0.3 is 23.7 Å². The Morgan fingerprint density at radius 3 is 1.72 bits per heavy atom. The number of ether oxygens (including phenoxy) is 5. The van der Waals surface area contributed by atoms with Gasteiger partial charge in [-0.3, -0.25) is 4.99 Å². The average molecular weight is 422 g/mol. The molecule has 3 rings (SSSR count). The molecule has 0 N–H and O–H groups in total. The van der Waals surface area contributed by atoms with E-state index in [0.717, 1.165) is 28.8 Å². The van der Waals surface area contributed by atoms with Crippen molar-refractivity contribution >= 4 is 18.1 Å². The zero-order valence-corrected chi connectivity index (χ0v) is 18.7. The Bertz CT molecular complexity index is 899. The summed E-state index contributed by atoms with van der Waals surface area (Å²) < 4.78 is 27.5. The topological polar surface area (TPSA) is 58.5 Å². The second-order valence-electron chi connectivity index (χ2n) is 7.23. The number of benzene rings is 2. The number of methoxy groups -OCH3 is 5. The van der Waals surface area contributed by atoms with Crippen LogP contribution < -0.4 is 23.7 Å². The van der Waals surface area contributed by atoms with Crippen LogP contribution in [0.2, 0.25) is 0 Å². The molecule has 0 saturated heterocycles. The highest BCUT2D eigenvalue weighted by Crippen LogP contribution is 2.42. The quantitative estimate of drug-likeness (QED) is 0.695. The van der Waals surface area contributed by atoms with Crippen LogP contribution in [0, 0.1) is 0 Å². The number of fused-ring (bicyclic) bond motifs is 1. The van der Waals surface area contributed by atoms with E-state index >= 15 is 0 Å². The van der Waals surface area contributed by atoms with Gasteiger partial charge in [-0.1, -0.05) is 0 Å². The molecule has 0 unspecified atom stereocenters. The summed E-state index contributed by atoms with van der Waals surface area (Å²) in [6.07, 6.45) is 0.802. The minimum absolute atomic E-state index is 0. The normalized spacial score (nSPS) is 14.1. The van der Waals surface area contributed by atoms with Crippen LogP contribution in [0.5, 0.6) is 28.7 Å². The Hall–Kier alpha value is -2.60. The molecule has 29 heavy (non-hydrogen) atoms. The van der Waals surface area contributed by atoms with Crippen LogP contribution in [0.25, 0.3) is 0 Å². The van der Waals surface area contributed by atoms with Crippen molar-refractivity contribution in [3.8, 4) is 28.7 Å². The van der Waals surface area contributed by atoms with Crippen molar-refractivity contribution in [3.05, 3.63) is 41.0 Å². The van der Waals surface area contributed by atoms with Crippen LogP contribution in [-0.4, -0.2) is 46.8 Å². The maximum absolute atomic E-state index is 5.53. The lowest BCUT2D eigenvalue weighted by molar-refractivity contribution is 0.324. The third kappa shape index (κ3) is 4.22. The highest BCUT2D eigenvalue weighted by Gasteiger charge is 2.30. The van der Waals surface area contributed by atoms with Crippen LogP contribution in [0.4, 0.5) is 0 Å². The van der Waals surface area contributed by atoms with E-state index < -0.39 is 0 Å². The molecule has 0 spiro atoms. The fraction of sp³-hybridized carbons (Fsp3) is 0.409. The minimum Gasteiger partial charge on any atom is -0.493 e. The molecule has 0 bridgehead atoms. The number of rotatable bonds is 6. The first-order valence-electron chi connectivity index (χ1n) is 9.03. The minimum atomic E-state index is -0.262. The van der Waals surface area contributed by atoms with Gasteiger partial charge in [-0.05, 0) is 50.1 Å². The Labute approximate surface area is 178 Å². The van der Waals surface area contributed by atoms with Gasteiger partial charge >= 0.3 is 0 Å². The summed E-state index contributed by atoms with van der Waals surface area (Å²) in [5.74, 6) is 3.11. The van der Waals surface area contributed by atoms with E-state index in [1.165, 1.54) is 0 Å². The molecule has 1 heterocycles. The maximum Gasteiger partial charge on any atom is 0.203 e. The average Bonchev–Trinajstić information content (AvgIpc) is 2.70. The molecule has 7 heteroatoms. The molecule has 2 aromatic rings. The SMILES string of the molecule is COc1cc2c(cc1OC)C(c1cc(OC)c(OC)c(OC)c1)=NC(C)(C)C2.Cl. The van der Waals surface area contributed by atoms with E-state index in [2.05, 4.69) is 13.8 Å². The molecule has 0 fully saturated rings. The number of nitrogens with zero attached hydrogens (tertiary/aromatic N) is 1. The van der Waals surface area contributed by atoms with Crippen LogP contribution in [-0.2, 0) is 6.42 Å². The number of halogens is 1. The summed E-state index contributed by atoms with van der Waals surface area (Å²) in [4.78, 5) is 5.03. The predicted octanol–water partition coefficient (Wildman–Crippen LogP) is 4.32. The smallest absolute Gasteiger partial charge is 0.203 e. The second kappa shape index (κ2) is 8.82. The van der Waals surface area contributed by atoms with E-state index in [-0.39, 0.29) is 17.9 Å². The van der Waals surface area contributed by atoms with Gasteiger partial charge in [0, 0.05) is 11.1 Å². The molecular formula is C22H28ClNO5. The van der Waals surface area contributed by atoms with Crippen molar-refractivity contribution in [1.29, 1.82) is 0 Å². The fourth-order valence-electron chi connectivity index (χ4n) is 3.59. The first-order chi connectivity index (χ1) is 13.4. The summed E-state index contributed by atoms with van der Waals surface area (Å²) in [6, 6.07) is 7.85. The predicted molar refractivity (Wildman–Crippen MR) is 116 cm³/mol. The van der Waals surface area contributed by atoms with E-state index in [9.17, 15) is 0 Å². The van der Waals surface area contributed by atoms with E-state index in [1.807, 2.05) is 24.3 Å². The molecule has 0 amide bonds. The molecule has 0 atom stereocenters. The maximum atomic E-state index is 5.53. The largest absolute Gasteiger partial charge is 0.493 e. The van der Waals surface area contributed by atoms with Gasteiger partial charge in [0.05, 0.1) is 46.8 Å². The van der Waals surface area contributed by atoms with Gasteiger partial charge in [-0.15, -0.1) is 12.4 Å². The van der Waals surface area contributed by atoms with Gasteiger partial charge in [0.15, 0.2) is 23.0 Å². The highest BCUT2D eigenvalue weighted by molar-refractivity contribution is 6.15. The van der Waals surface area contributed by atoms with Crippen molar-refractivity contribution in [2.45, 2.75) is 25.8 Å². The molecule has 158 valence electrons. The van der Waals surface area contributed by atoms with E-state index in [0.29, 0.717) is 28.7 Å². The molecule has 6 nitrogen and oxygen atoms in total. The summed E-state index contributed by atoms with van der Waals surface area (Å²) in [5.41, 5.74) is 3.64. The molecule has 0 aromatic heterocycles. The standard InChI is InChI=1S/C22H27NO5.ClH/c1-22(2)12-14-10-16(24-3)17(25-4)11-15(14)20(23-22)13-8-18(26-5)21(28-7)19(9-13)27-6;/h8-11H,12H2,1-7H3;1H. The van der Waals surface area contributed by atoms with Gasteiger partial charge in [0.25, 0.3) is 0 Å². The molecule has 1 aliphatic heterocycles.